The third kappa shape index (κ3) is 1.70. The van der Waals surface area contributed by atoms with Crippen LogP contribution in [0.15, 0.2) is 18.3 Å². The van der Waals surface area contributed by atoms with Crippen LogP contribution in [0.1, 0.15) is 18.5 Å². The molecule has 0 spiro atoms. The van der Waals surface area contributed by atoms with E-state index in [4.69, 9.17) is 5.73 Å². The molecule has 3 heteroatoms. The Morgan fingerprint density at radius 2 is 2.31 bits per heavy atom. The van der Waals surface area contributed by atoms with Crippen molar-refractivity contribution in [1.29, 1.82) is 0 Å². The monoisotopic (exact) mass is 180 g/mol. The van der Waals surface area contributed by atoms with Crippen molar-refractivity contribution in [2.24, 2.45) is 11.1 Å². The van der Waals surface area contributed by atoms with Gasteiger partial charge >= 0.3 is 0 Å². The maximum absolute atomic E-state index is 13.2. The van der Waals surface area contributed by atoms with E-state index in [9.17, 15) is 4.39 Å². The Morgan fingerprint density at radius 1 is 1.54 bits per heavy atom. The quantitative estimate of drug-likeness (QED) is 0.765. The summed E-state index contributed by atoms with van der Waals surface area (Å²) in [5.41, 5.74) is 6.34. The highest BCUT2D eigenvalue weighted by Crippen LogP contribution is 2.47. The molecule has 13 heavy (non-hydrogen) atoms. The van der Waals surface area contributed by atoms with Crippen LogP contribution in [0, 0.1) is 11.2 Å². The van der Waals surface area contributed by atoms with Crippen molar-refractivity contribution in [2.75, 3.05) is 6.54 Å². The first kappa shape index (κ1) is 8.63. The number of nitrogens with two attached hydrogens (primary N) is 1. The zero-order chi connectivity index (χ0) is 9.31. The van der Waals surface area contributed by atoms with E-state index in [2.05, 4.69) is 4.98 Å². The van der Waals surface area contributed by atoms with Gasteiger partial charge in [0.05, 0.1) is 5.69 Å². The lowest BCUT2D eigenvalue weighted by atomic mass is 10.00. The molecule has 1 aromatic rings. The molecule has 1 aliphatic carbocycles. The standard InChI is InChI=1S/C10H13FN2/c11-8-2-1-5-13-9(8)6-10(7-12)3-4-10/h1-2,5H,3-4,6-7,12H2. The van der Waals surface area contributed by atoms with Gasteiger partial charge in [-0.15, -0.1) is 0 Å². The van der Waals surface area contributed by atoms with Gasteiger partial charge in [-0.1, -0.05) is 0 Å². The maximum Gasteiger partial charge on any atom is 0.144 e. The third-order valence-corrected chi connectivity index (χ3v) is 2.77. The van der Waals surface area contributed by atoms with E-state index in [1.165, 1.54) is 6.07 Å². The van der Waals surface area contributed by atoms with Crippen LogP contribution in [0.25, 0.3) is 0 Å². The molecule has 2 N–H and O–H groups in total. The number of hydrogen-bond acceptors (Lipinski definition) is 2. The fourth-order valence-electron chi connectivity index (χ4n) is 1.53. The van der Waals surface area contributed by atoms with Crippen molar-refractivity contribution in [3.8, 4) is 0 Å². The predicted molar refractivity (Wildman–Crippen MR) is 48.6 cm³/mol. The molecule has 0 atom stereocenters. The van der Waals surface area contributed by atoms with E-state index >= 15 is 0 Å². The van der Waals surface area contributed by atoms with Crippen molar-refractivity contribution in [1.82, 2.24) is 4.98 Å². The van der Waals surface area contributed by atoms with Crippen LogP contribution in [-0.4, -0.2) is 11.5 Å². The Kier molecular flexibility index (Phi) is 2.04. The van der Waals surface area contributed by atoms with Gasteiger partial charge in [0.2, 0.25) is 0 Å². The first-order chi connectivity index (χ1) is 6.26. The van der Waals surface area contributed by atoms with Gasteiger partial charge in [0.1, 0.15) is 5.82 Å². The van der Waals surface area contributed by atoms with Crippen molar-refractivity contribution in [3.05, 3.63) is 29.8 Å². The minimum Gasteiger partial charge on any atom is -0.330 e. The highest BCUT2D eigenvalue weighted by atomic mass is 19.1. The number of hydrogen-bond donors (Lipinski definition) is 1. The lowest BCUT2D eigenvalue weighted by Gasteiger charge is -2.11. The average Bonchev–Trinajstić information content (AvgIpc) is 2.90. The van der Waals surface area contributed by atoms with Gasteiger partial charge in [0, 0.05) is 6.20 Å². The van der Waals surface area contributed by atoms with E-state index in [1.54, 1.807) is 12.3 Å². The van der Waals surface area contributed by atoms with Gasteiger partial charge in [-0.05, 0) is 43.4 Å². The lowest BCUT2D eigenvalue weighted by molar-refractivity contribution is 0.490. The van der Waals surface area contributed by atoms with Crippen LogP contribution < -0.4 is 5.73 Å². The smallest absolute Gasteiger partial charge is 0.144 e. The molecule has 2 nitrogen and oxygen atoms in total. The molecule has 0 saturated heterocycles. The average molecular weight is 180 g/mol. The topological polar surface area (TPSA) is 38.9 Å². The number of pyridine rings is 1. The predicted octanol–water partition coefficient (Wildman–Crippen LogP) is 1.50. The second-order valence-electron chi connectivity index (χ2n) is 3.81. The molecule has 0 aliphatic heterocycles. The zero-order valence-corrected chi connectivity index (χ0v) is 7.46. The zero-order valence-electron chi connectivity index (χ0n) is 7.46. The molecular formula is C10H13FN2. The van der Waals surface area contributed by atoms with Gasteiger partial charge in [-0.2, -0.15) is 0 Å². The third-order valence-electron chi connectivity index (χ3n) is 2.77. The highest BCUT2D eigenvalue weighted by molar-refractivity contribution is 5.12. The second kappa shape index (κ2) is 3.07. The summed E-state index contributed by atoms with van der Waals surface area (Å²) < 4.78 is 13.2. The van der Waals surface area contributed by atoms with Crippen LogP contribution in [0.5, 0.6) is 0 Å². The van der Waals surface area contributed by atoms with E-state index in [-0.39, 0.29) is 11.2 Å². The SMILES string of the molecule is NCC1(Cc2ncccc2F)CC1. The number of halogens is 1. The Balaban J connectivity index is 2.14. The number of aromatic nitrogens is 1. The van der Waals surface area contributed by atoms with Gasteiger partial charge < -0.3 is 5.73 Å². The molecule has 0 unspecified atom stereocenters. The largest absolute Gasteiger partial charge is 0.330 e. The van der Waals surface area contributed by atoms with E-state index in [0.717, 1.165) is 12.8 Å². The fraction of sp³-hybridized carbons (Fsp3) is 0.500. The summed E-state index contributed by atoms with van der Waals surface area (Å²) in [5.74, 6) is -0.206. The van der Waals surface area contributed by atoms with Gasteiger partial charge in [0.25, 0.3) is 0 Å². The van der Waals surface area contributed by atoms with Gasteiger partial charge in [-0.3, -0.25) is 4.98 Å². The molecule has 0 amide bonds. The summed E-state index contributed by atoms with van der Waals surface area (Å²) in [7, 11) is 0. The lowest BCUT2D eigenvalue weighted by Crippen LogP contribution is -2.19. The van der Waals surface area contributed by atoms with Crippen LogP contribution in [0.2, 0.25) is 0 Å². The Morgan fingerprint density at radius 3 is 2.85 bits per heavy atom. The summed E-state index contributed by atoms with van der Waals surface area (Å²) in [6, 6.07) is 3.07. The number of rotatable bonds is 3. The Bertz CT molecular complexity index is 308. The van der Waals surface area contributed by atoms with E-state index < -0.39 is 0 Å². The van der Waals surface area contributed by atoms with Gasteiger partial charge in [-0.25, -0.2) is 4.39 Å². The van der Waals surface area contributed by atoms with E-state index in [1.807, 2.05) is 0 Å². The fourth-order valence-corrected chi connectivity index (χ4v) is 1.53. The highest BCUT2D eigenvalue weighted by Gasteiger charge is 2.41. The van der Waals surface area contributed by atoms with Crippen LogP contribution in [0.4, 0.5) is 4.39 Å². The Labute approximate surface area is 77.0 Å². The molecule has 1 heterocycles. The molecule has 0 bridgehead atoms. The van der Waals surface area contributed by atoms with Gasteiger partial charge in [0.15, 0.2) is 0 Å². The van der Waals surface area contributed by atoms with Crippen LogP contribution in [-0.2, 0) is 6.42 Å². The molecular weight excluding hydrogens is 167 g/mol. The van der Waals surface area contributed by atoms with Crippen molar-refractivity contribution >= 4 is 0 Å². The summed E-state index contributed by atoms with van der Waals surface area (Å²) >= 11 is 0. The molecule has 1 aromatic heterocycles. The molecule has 1 saturated carbocycles. The molecule has 1 fully saturated rings. The van der Waals surface area contributed by atoms with Crippen LogP contribution >= 0.6 is 0 Å². The van der Waals surface area contributed by atoms with E-state index in [0.29, 0.717) is 18.7 Å². The summed E-state index contributed by atoms with van der Waals surface area (Å²) in [6.45, 7) is 0.642. The molecule has 2 rings (SSSR count). The maximum atomic E-state index is 13.2. The number of nitrogens with zero attached hydrogens (tertiary/aromatic N) is 1. The van der Waals surface area contributed by atoms with Crippen LogP contribution in [0.3, 0.4) is 0 Å². The van der Waals surface area contributed by atoms with Crippen molar-refractivity contribution in [2.45, 2.75) is 19.3 Å². The minimum absolute atomic E-state index is 0.162. The summed E-state index contributed by atoms with van der Waals surface area (Å²) in [6.07, 6.45) is 4.54. The molecule has 70 valence electrons. The molecule has 0 aromatic carbocycles. The minimum atomic E-state index is -0.206. The molecule has 0 radical (unpaired) electrons. The Hall–Kier alpha value is -0.960. The molecule has 1 aliphatic rings. The van der Waals surface area contributed by atoms with Crippen molar-refractivity contribution < 1.29 is 4.39 Å². The summed E-state index contributed by atoms with van der Waals surface area (Å²) in [5, 5.41) is 0. The first-order valence-electron chi connectivity index (χ1n) is 4.55. The second-order valence-corrected chi connectivity index (χ2v) is 3.81. The normalized spacial score (nSPS) is 18.6. The van der Waals surface area contributed by atoms with Crippen molar-refractivity contribution in [3.63, 3.8) is 0 Å². The summed E-state index contributed by atoms with van der Waals surface area (Å²) in [4.78, 5) is 4.02. The first-order valence-corrected chi connectivity index (χ1v) is 4.55.